The van der Waals surface area contributed by atoms with Crippen LogP contribution in [-0.4, -0.2) is 9.55 Å². The van der Waals surface area contributed by atoms with Crippen LogP contribution < -0.4 is 5.73 Å². The fourth-order valence-corrected chi connectivity index (χ4v) is 2.39. The molecular weight excluding hydrogens is 279 g/mol. The summed E-state index contributed by atoms with van der Waals surface area (Å²) in [5, 5.41) is 9.30. The Bertz CT molecular complexity index is 843. The Balaban J connectivity index is 2.44. The first-order valence-electron chi connectivity index (χ1n) is 5.75. The summed E-state index contributed by atoms with van der Waals surface area (Å²) < 4.78 is 15.5. The number of nitriles is 1. The molecule has 1 aromatic heterocycles. The fraction of sp³-hybridized carbons (Fsp3) is 0. The summed E-state index contributed by atoms with van der Waals surface area (Å²) in [6.07, 6.45) is 0. The van der Waals surface area contributed by atoms with E-state index < -0.39 is 5.82 Å². The number of para-hydroxylation sites is 2. The quantitative estimate of drug-likeness (QED) is 0.746. The summed E-state index contributed by atoms with van der Waals surface area (Å²) in [6, 6.07) is 11.4. The van der Waals surface area contributed by atoms with Gasteiger partial charge in [-0.3, -0.25) is 4.57 Å². The third-order valence-corrected chi connectivity index (χ3v) is 3.30. The minimum Gasteiger partial charge on any atom is -0.369 e. The van der Waals surface area contributed by atoms with Crippen LogP contribution in [0.2, 0.25) is 5.02 Å². The first-order chi connectivity index (χ1) is 9.63. The molecule has 0 radical (unpaired) electrons. The average molecular weight is 287 g/mol. The monoisotopic (exact) mass is 286 g/mol. The summed E-state index contributed by atoms with van der Waals surface area (Å²) in [5.74, 6) is -0.430. The van der Waals surface area contributed by atoms with E-state index in [-0.39, 0.29) is 16.7 Å². The van der Waals surface area contributed by atoms with Crippen LogP contribution in [0, 0.1) is 17.1 Å². The Morgan fingerprint density at radius 2 is 2.00 bits per heavy atom. The van der Waals surface area contributed by atoms with Crippen LogP contribution in [0.4, 0.5) is 10.3 Å². The van der Waals surface area contributed by atoms with Crippen molar-refractivity contribution in [1.82, 2.24) is 9.55 Å². The average Bonchev–Trinajstić information content (AvgIpc) is 2.75. The fourth-order valence-electron chi connectivity index (χ4n) is 2.15. The first kappa shape index (κ1) is 12.5. The zero-order chi connectivity index (χ0) is 14.3. The Morgan fingerprint density at radius 1 is 1.25 bits per heavy atom. The van der Waals surface area contributed by atoms with Crippen LogP contribution in [0.15, 0.2) is 36.4 Å². The largest absolute Gasteiger partial charge is 0.369 e. The molecule has 0 fully saturated rings. The molecule has 3 rings (SSSR count). The number of hydrogen-bond donors (Lipinski definition) is 1. The van der Waals surface area contributed by atoms with Crippen molar-refractivity contribution in [2.24, 2.45) is 0 Å². The van der Waals surface area contributed by atoms with Gasteiger partial charge in [0.1, 0.15) is 23.1 Å². The molecule has 2 N–H and O–H groups in total. The Morgan fingerprint density at radius 3 is 2.70 bits per heavy atom. The molecule has 0 aliphatic heterocycles. The zero-order valence-corrected chi connectivity index (χ0v) is 10.9. The van der Waals surface area contributed by atoms with E-state index in [0.717, 1.165) is 0 Å². The van der Waals surface area contributed by atoms with E-state index in [1.807, 2.05) is 6.07 Å². The van der Waals surface area contributed by atoms with E-state index in [0.29, 0.717) is 16.6 Å². The molecule has 0 unspecified atom stereocenters. The maximum Gasteiger partial charge on any atom is 0.206 e. The second-order valence-corrected chi connectivity index (χ2v) is 4.57. The van der Waals surface area contributed by atoms with Gasteiger partial charge >= 0.3 is 0 Å². The van der Waals surface area contributed by atoms with E-state index in [4.69, 9.17) is 22.6 Å². The predicted octanol–water partition coefficient (Wildman–Crippen LogP) is 3.27. The van der Waals surface area contributed by atoms with E-state index in [9.17, 15) is 4.39 Å². The molecule has 0 aliphatic carbocycles. The highest BCUT2D eigenvalue weighted by Crippen LogP contribution is 2.30. The lowest BCUT2D eigenvalue weighted by atomic mass is 10.2. The van der Waals surface area contributed by atoms with Crippen molar-refractivity contribution >= 4 is 28.6 Å². The third kappa shape index (κ3) is 1.70. The first-order valence-corrected chi connectivity index (χ1v) is 6.12. The normalized spacial score (nSPS) is 10.7. The van der Waals surface area contributed by atoms with Gasteiger partial charge in [0.2, 0.25) is 5.95 Å². The molecule has 0 atom stereocenters. The minimum absolute atomic E-state index is 0.0784. The lowest BCUT2D eigenvalue weighted by Gasteiger charge is -2.09. The molecule has 3 aromatic rings. The number of nitrogens with two attached hydrogens (primary N) is 1. The van der Waals surface area contributed by atoms with Gasteiger partial charge in [0.05, 0.1) is 16.1 Å². The number of fused-ring (bicyclic) bond motifs is 1. The van der Waals surface area contributed by atoms with Crippen LogP contribution in [0.1, 0.15) is 5.56 Å². The molecule has 0 bridgehead atoms. The van der Waals surface area contributed by atoms with E-state index in [1.54, 1.807) is 24.3 Å². The van der Waals surface area contributed by atoms with Gasteiger partial charge in [0.25, 0.3) is 0 Å². The lowest BCUT2D eigenvalue weighted by molar-refractivity contribution is 0.620. The number of imidazole rings is 1. The zero-order valence-electron chi connectivity index (χ0n) is 10.1. The number of nitrogens with zero attached hydrogens (tertiary/aromatic N) is 3. The molecule has 20 heavy (non-hydrogen) atoms. The summed E-state index contributed by atoms with van der Waals surface area (Å²) in [7, 11) is 0. The Hall–Kier alpha value is -2.58. The van der Waals surface area contributed by atoms with Crippen LogP contribution in [-0.2, 0) is 0 Å². The smallest absolute Gasteiger partial charge is 0.206 e. The molecule has 1 heterocycles. The molecule has 4 nitrogen and oxygen atoms in total. The summed E-state index contributed by atoms with van der Waals surface area (Å²) >= 11 is 6.06. The molecular formula is C14H8ClFN4. The molecule has 2 aromatic carbocycles. The van der Waals surface area contributed by atoms with Crippen molar-refractivity contribution in [3.63, 3.8) is 0 Å². The molecule has 0 saturated carbocycles. The van der Waals surface area contributed by atoms with Gasteiger partial charge in [0.15, 0.2) is 0 Å². The van der Waals surface area contributed by atoms with Gasteiger partial charge in [-0.2, -0.15) is 5.26 Å². The van der Waals surface area contributed by atoms with Crippen molar-refractivity contribution < 1.29 is 4.39 Å². The molecule has 98 valence electrons. The summed E-state index contributed by atoms with van der Waals surface area (Å²) in [5.41, 5.74) is 7.33. The molecule has 0 spiro atoms. The van der Waals surface area contributed by atoms with Crippen molar-refractivity contribution in [2.45, 2.75) is 0 Å². The predicted molar refractivity (Wildman–Crippen MR) is 75.2 cm³/mol. The van der Waals surface area contributed by atoms with E-state index >= 15 is 0 Å². The van der Waals surface area contributed by atoms with Crippen molar-refractivity contribution in [1.29, 1.82) is 5.26 Å². The van der Waals surface area contributed by atoms with Gasteiger partial charge in [-0.25, -0.2) is 9.37 Å². The number of aromatic nitrogens is 2. The minimum atomic E-state index is -0.508. The number of halogens is 2. The molecule has 6 heteroatoms. The number of benzene rings is 2. The van der Waals surface area contributed by atoms with E-state index in [1.165, 1.54) is 16.7 Å². The second-order valence-electron chi connectivity index (χ2n) is 4.16. The molecule has 0 amide bonds. The number of anilines is 1. The third-order valence-electron chi connectivity index (χ3n) is 2.99. The van der Waals surface area contributed by atoms with Crippen molar-refractivity contribution in [3.05, 3.63) is 52.8 Å². The molecule has 0 aliphatic rings. The van der Waals surface area contributed by atoms with Gasteiger partial charge < -0.3 is 5.73 Å². The highest BCUT2D eigenvalue weighted by molar-refractivity contribution is 6.32. The van der Waals surface area contributed by atoms with Gasteiger partial charge in [-0.15, -0.1) is 0 Å². The second kappa shape index (κ2) is 4.51. The number of rotatable bonds is 1. The van der Waals surface area contributed by atoms with Crippen LogP contribution in [0.3, 0.4) is 0 Å². The highest BCUT2D eigenvalue weighted by Gasteiger charge is 2.17. The van der Waals surface area contributed by atoms with Crippen LogP contribution >= 0.6 is 11.6 Å². The van der Waals surface area contributed by atoms with Crippen molar-refractivity contribution in [3.8, 4) is 11.8 Å². The maximum atomic E-state index is 14.1. The summed E-state index contributed by atoms with van der Waals surface area (Å²) in [4.78, 5) is 4.14. The number of nitrogen functional groups attached to an aromatic ring is 1. The Labute approximate surface area is 118 Å². The van der Waals surface area contributed by atoms with Crippen LogP contribution in [0.25, 0.3) is 16.7 Å². The van der Waals surface area contributed by atoms with Gasteiger partial charge in [0, 0.05) is 0 Å². The van der Waals surface area contributed by atoms with Crippen LogP contribution in [0.5, 0.6) is 0 Å². The SMILES string of the molecule is N#Cc1cccc2c1nc(N)n2-c1c(F)cccc1Cl. The van der Waals surface area contributed by atoms with Crippen molar-refractivity contribution in [2.75, 3.05) is 5.73 Å². The maximum absolute atomic E-state index is 14.1. The molecule has 0 saturated heterocycles. The van der Waals surface area contributed by atoms with Gasteiger partial charge in [-0.05, 0) is 24.3 Å². The summed E-state index contributed by atoms with van der Waals surface area (Å²) in [6.45, 7) is 0. The topological polar surface area (TPSA) is 67.6 Å². The van der Waals surface area contributed by atoms with E-state index in [2.05, 4.69) is 4.98 Å². The number of hydrogen-bond acceptors (Lipinski definition) is 3. The Kier molecular flexibility index (Phi) is 2.81. The standard InChI is InChI=1S/C14H8ClFN4/c15-9-4-2-5-10(16)13(9)20-11-6-1-3-8(7-17)12(11)19-14(20)18/h1-6H,(H2,18,19). The lowest BCUT2D eigenvalue weighted by Crippen LogP contribution is -2.03. The van der Waals surface area contributed by atoms with Gasteiger partial charge in [-0.1, -0.05) is 23.7 Å². The highest BCUT2D eigenvalue weighted by atomic mass is 35.5.